The van der Waals surface area contributed by atoms with Crippen LogP contribution in [0.1, 0.15) is 31.9 Å². The van der Waals surface area contributed by atoms with Crippen molar-refractivity contribution in [3.63, 3.8) is 0 Å². The first-order chi connectivity index (χ1) is 8.72. The third-order valence-corrected chi connectivity index (χ3v) is 3.65. The van der Waals surface area contributed by atoms with Gasteiger partial charge in [-0.2, -0.15) is 0 Å². The second kappa shape index (κ2) is 4.60. The van der Waals surface area contributed by atoms with Gasteiger partial charge < -0.3 is 5.32 Å². The molecule has 0 amide bonds. The van der Waals surface area contributed by atoms with Gasteiger partial charge >= 0.3 is 0 Å². The van der Waals surface area contributed by atoms with Crippen LogP contribution in [0.4, 0.5) is 5.69 Å². The third-order valence-electron chi connectivity index (χ3n) is 3.65. The summed E-state index contributed by atoms with van der Waals surface area (Å²) >= 11 is 0. The lowest BCUT2D eigenvalue weighted by atomic mass is 10.1. The topological polar surface area (TPSA) is 24.9 Å². The summed E-state index contributed by atoms with van der Waals surface area (Å²) < 4.78 is 0. The van der Waals surface area contributed by atoms with Gasteiger partial charge in [-0.1, -0.05) is 31.0 Å². The highest BCUT2D eigenvalue weighted by Crippen LogP contribution is 2.34. The Labute approximate surface area is 108 Å². The van der Waals surface area contributed by atoms with E-state index in [4.69, 9.17) is 0 Å². The smallest absolute Gasteiger partial charge is 0.0936 e. The van der Waals surface area contributed by atoms with Crippen molar-refractivity contribution >= 4 is 16.6 Å². The van der Waals surface area contributed by atoms with Crippen molar-refractivity contribution in [3.8, 4) is 0 Å². The zero-order valence-electron chi connectivity index (χ0n) is 11.1. The quantitative estimate of drug-likeness (QED) is 0.868. The maximum Gasteiger partial charge on any atom is 0.0936 e. The molecule has 1 atom stereocenters. The summed E-state index contributed by atoms with van der Waals surface area (Å²) in [6, 6.07) is 11.1. The van der Waals surface area contributed by atoms with Crippen LogP contribution in [0.5, 0.6) is 0 Å². The van der Waals surface area contributed by atoms with Gasteiger partial charge in [0.05, 0.1) is 11.2 Å². The average molecular weight is 240 g/mol. The predicted octanol–water partition coefficient (Wildman–Crippen LogP) is 4.14. The fourth-order valence-corrected chi connectivity index (χ4v) is 2.54. The van der Waals surface area contributed by atoms with E-state index in [1.165, 1.54) is 30.3 Å². The number of nitrogens with zero attached hydrogens (tertiary/aromatic N) is 1. The number of aryl methyl sites for hydroxylation is 1. The van der Waals surface area contributed by atoms with E-state index in [9.17, 15) is 0 Å². The van der Waals surface area contributed by atoms with Gasteiger partial charge in [-0.25, -0.2) is 0 Å². The Morgan fingerprint density at radius 3 is 2.89 bits per heavy atom. The van der Waals surface area contributed by atoms with E-state index in [0.29, 0.717) is 6.04 Å². The molecular formula is C16H20N2. The second-order valence-corrected chi connectivity index (χ2v) is 5.55. The van der Waals surface area contributed by atoms with E-state index in [1.807, 2.05) is 6.92 Å². The van der Waals surface area contributed by atoms with E-state index < -0.39 is 0 Å². The number of para-hydroxylation sites is 1. The van der Waals surface area contributed by atoms with Crippen LogP contribution in [-0.2, 0) is 0 Å². The zero-order valence-corrected chi connectivity index (χ0v) is 11.1. The number of hydrogen-bond acceptors (Lipinski definition) is 2. The summed E-state index contributed by atoms with van der Waals surface area (Å²) in [4.78, 5) is 4.66. The van der Waals surface area contributed by atoms with Gasteiger partial charge in [0.15, 0.2) is 0 Å². The van der Waals surface area contributed by atoms with Crippen molar-refractivity contribution in [1.29, 1.82) is 0 Å². The molecule has 0 bridgehead atoms. The molecule has 1 fully saturated rings. The van der Waals surface area contributed by atoms with Crippen molar-refractivity contribution in [3.05, 3.63) is 36.0 Å². The Bertz CT molecular complexity index is 558. The third kappa shape index (κ3) is 2.47. The van der Waals surface area contributed by atoms with Gasteiger partial charge in [0.1, 0.15) is 0 Å². The molecule has 1 saturated carbocycles. The normalized spacial score (nSPS) is 16.8. The van der Waals surface area contributed by atoms with Gasteiger partial charge in [0, 0.05) is 17.1 Å². The monoisotopic (exact) mass is 240 g/mol. The number of hydrogen-bond donors (Lipinski definition) is 1. The molecule has 2 heteroatoms. The van der Waals surface area contributed by atoms with E-state index in [-0.39, 0.29) is 0 Å². The van der Waals surface area contributed by atoms with E-state index >= 15 is 0 Å². The van der Waals surface area contributed by atoms with E-state index in [1.54, 1.807) is 0 Å². The van der Waals surface area contributed by atoms with E-state index in [0.717, 1.165) is 17.1 Å². The fraction of sp³-hybridized carbons (Fsp3) is 0.438. The maximum atomic E-state index is 4.66. The minimum absolute atomic E-state index is 0.533. The molecule has 0 radical (unpaired) electrons. The van der Waals surface area contributed by atoms with Crippen molar-refractivity contribution in [2.24, 2.45) is 5.92 Å². The largest absolute Gasteiger partial charge is 0.381 e. The van der Waals surface area contributed by atoms with Gasteiger partial charge in [0.25, 0.3) is 0 Å². The van der Waals surface area contributed by atoms with Gasteiger partial charge in [0.2, 0.25) is 0 Å². The number of fused-ring (bicyclic) bond motifs is 1. The maximum absolute atomic E-state index is 4.66. The summed E-state index contributed by atoms with van der Waals surface area (Å²) in [6.07, 6.45) is 4.11. The number of rotatable bonds is 4. The summed E-state index contributed by atoms with van der Waals surface area (Å²) in [6.45, 7) is 4.32. The van der Waals surface area contributed by atoms with Crippen molar-refractivity contribution < 1.29 is 0 Å². The highest BCUT2D eigenvalue weighted by atomic mass is 14.9. The van der Waals surface area contributed by atoms with Crippen molar-refractivity contribution in [2.75, 3.05) is 5.32 Å². The summed E-state index contributed by atoms with van der Waals surface area (Å²) in [5.41, 5.74) is 3.34. The van der Waals surface area contributed by atoms with Crippen molar-refractivity contribution in [2.45, 2.75) is 39.2 Å². The molecule has 1 aromatic carbocycles. The Balaban J connectivity index is 1.87. The lowest BCUT2D eigenvalue weighted by molar-refractivity contribution is 0.642. The minimum Gasteiger partial charge on any atom is -0.381 e. The highest BCUT2D eigenvalue weighted by Gasteiger charge is 2.23. The molecule has 1 aromatic heterocycles. The molecule has 1 N–H and O–H groups in total. The highest BCUT2D eigenvalue weighted by molar-refractivity contribution is 5.90. The van der Waals surface area contributed by atoms with Crippen LogP contribution in [-0.4, -0.2) is 11.0 Å². The van der Waals surface area contributed by atoms with Gasteiger partial charge in [-0.05, 0) is 38.3 Å². The fourth-order valence-electron chi connectivity index (χ4n) is 2.54. The average Bonchev–Trinajstić information content (AvgIpc) is 3.14. The molecule has 2 aromatic rings. The first kappa shape index (κ1) is 11.5. The Hall–Kier alpha value is -1.57. The molecule has 18 heavy (non-hydrogen) atoms. The molecule has 1 aliphatic carbocycles. The number of benzene rings is 1. The van der Waals surface area contributed by atoms with Crippen LogP contribution in [0.15, 0.2) is 30.3 Å². The Morgan fingerprint density at radius 2 is 2.11 bits per heavy atom. The standard InChI is InChI=1S/C16H20N2/c1-11-6-9-14-4-3-5-15(16(14)18-11)17-12(2)10-13-7-8-13/h3-6,9,12-13,17H,7-8,10H2,1-2H3. The molecule has 0 aliphatic heterocycles. The molecular weight excluding hydrogens is 220 g/mol. The van der Waals surface area contributed by atoms with Gasteiger partial charge in [-0.15, -0.1) is 0 Å². The number of aromatic nitrogens is 1. The first-order valence-corrected chi connectivity index (χ1v) is 6.85. The van der Waals surface area contributed by atoms with Crippen LogP contribution in [0.3, 0.4) is 0 Å². The SMILES string of the molecule is Cc1ccc2cccc(NC(C)CC3CC3)c2n1. The van der Waals surface area contributed by atoms with Crippen LogP contribution in [0, 0.1) is 12.8 Å². The molecule has 1 aliphatic rings. The zero-order chi connectivity index (χ0) is 12.5. The second-order valence-electron chi connectivity index (χ2n) is 5.55. The molecule has 2 nitrogen and oxygen atoms in total. The van der Waals surface area contributed by atoms with Crippen LogP contribution >= 0.6 is 0 Å². The van der Waals surface area contributed by atoms with Crippen LogP contribution in [0.2, 0.25) is 0 Å². The lowest BCUT2D eigenvalue weighted by Crippen LogP contribution is -2.16. The molecule has 1 heterocycles. The summed E-state index contributed by atoms with van der Waals surface area (Å²) in [7, 11) is 0. The Kier molecular flexibility index (Phi) is 2.94. The molecule has 0 saturated heterocycles. The molecule has 94 valence electrons. The number of nitrogens with one attached hydrogen (secondary N) is 1. The Morgan fingerprint density at radius 1 is 1.28 bits per heavy atom. The molecule has 1 unspecified atom stereocenters. The van der Waals surface area contributed by atoms with Crippen LogP contribution < -0.4 is 5.32 Å². The van der Waals surface area contributed by atoms with E-state index in [2.05, 4.69) is 47.6 Å². The predicted molar refractivity (Wildman–Crippen MR) is 76.9 cm³/mol. The molecule has 0 spiro atoms. The van der Waals surface area contributed by atoms with Gasteiger partial charge in [-0.3, -0.25) is 4.98 Å². The molecule has 3 rings (SSSR count). The lowest BCUT2D eigenvalue weighted by Gasteiger charge is -2.16. The first-order valence-electron chi connectivity index (χ1n) is 6.85. The minimum atomic E-state index is 0.533. The summed E-state index contributed by atoms with van der Waals surface area (Å²) in [5.74, 6) is 0.956. The number of pyridine rings is 1. The summed E-state index contributed by atoms with van der Waals surface area (Å²) in [5, 5.41) is 4.83. The van der Waals surface area contributed by atoms with Crippen LogP contribution in [0.25, 0.3) is 10.9 Å². The van der Waals surface area contributed by atoms with Crippen molar-refractivity contribution in [1.82, 2.24) is 4.98 Å². The number of anilines is 1.